The van der Waals surface area contributed by atoms with Gasteiger partial charge >= 0.3 is 0 Å². The zero-order valence-electron chi connectivity index (χ0n) is 24.7. The summed E-state index contributed by atoms with van der Waals surface area (Å²) in [6.45, 7) is 1.33. The van der Waals surface area contributed by atoms with Gasteiger partial charge in [0, 0.05) is 23.7 Å². The van der Waals surface area contributed by atoms with Crippen molar-refractivity contribution in [3.8, 4) is 11.5 Å². The summed E-state index contributed by atoms with van der Waals surface area (Å²) in [7, 11) is -1.39. The quantitative estimate of drug-likeness (QED) is 0.271. The molecule has 0 bridgehead atoms. The van der Waals surface area contributed by atoms with Crippen LogP contribution >= 0.6 is 11.6 Å². The third-order valence-corrected chi connectivity index (χ3v) is 9.79. The van der Waals surface area contributed by atoms with Gasteiger partial charge < -0.3 is 19.7 Å². The molecule has 0 heterocycles. The molecule has 4 rings (SSSR count). The van der Waals surface area contributed by atoms with Gasteiger partial charge in [0.05, 0.1) is 24.8 Å². The van der Waals surface area contributed by atoms with Gasteiger partial charge in [-0.05, 0) is 55.2 Å². The largest absolute Gasteiger partial charge is 0.493 e. The summed E-state index contributed by atoms with van der Waals surface area (Å²) in [5.74, 6) is -0.197. The molecule has 2 amide bonds. The zero-order chi connectivity index (χ0) is 31.0. The van der Waals surface area contributed by atoms with Crippen LogP contribution in [0.5, 0.6) is 11.5 Å². The molecule has 1 N–H and O–H groups in total. The average Bonchev–Trinajstić information content (AvgIpc) is 3.53. The number of carbonyl (C=O) groups is 2. The number of ether oxygens (including phenoxy) is 2. The second-order valence-corrected chi connectivity index (χ2v) is 12.7. The van der Waals surface area contributed by atoms with Gasteiger partial charge in [0.15, 0.2) is 11.5 Å². The lowest BCUT2D eigenvalue weighted by Gasteiger charge is -2.34. The Kier molecular flexibility index (Phi) is 10.9. The first-order chi connectivity index (χ1) is 20.7. The number of amides is 2. The van der Waals surface area contributed by atoms with Gasteiger partial charge in [0.25, 0.3) is 10.0 Å². The van der Waals surface area contributed by atoms with E-state index < -0.39 is 28.5 Å². The number of sulfonamides is 1. The average molecular weight is 628 g/mol. The number of hydrogen-bond donors (Lipinski definition) is 1. The van der Waals surface area contributed by atoms with Crippen LogP contribution in [0, 0.1) is 0 Å². The summed E-state index contributed by atoms with van der Waals surface area (Å²) in [5.41, 5.74) is 0.949. The molecule has 3 aromatic carbocycles. The highest BCUT2D eigenvalue weighted by atomic mass is 35.5. The molecule has 0 saturated heterocycles. The van der Waals surface area contributed by atoms with Crippen molar-refractivity contribution >= 4 is 39.1 Å². The maximum Gasteiger partial charge on any atom is 0.264 e. The maximum absolute atomic E-state index is 14.2. The third-order valence-electron chi connectivity index (χ3n) is 7.65. The normalized spacial score (nSPS) is 14.1. The lowest BCUT2D eigenvalue weighted by atomic mass is 10.1. The fourth-order valence-corrected chi connectivity index (χ4v) is 6.95. The van der Waals surface area contributed by atoms with Crippen LogP contribution in [-0.2, 0) is 26.2 Å². The van der Waals surface area contributed by atoms with E-state index in [4.69, 9.17) is 21.1 Å². The van der Waals surface area contributed by atoms with Crippen LogP contribution in [0.2, 0.25) is 5.02 Å². The van der Waals surface area contributed by atoms with E-state index in [0.717, 1.165) is 30.0 Å². The summed E-state index contributed by atoms with van der Waals surface area (Å²) in [4.78, 5) is 29.2. The molecule has 11 heteroatoms. The van der Waals surface area contributed by atoms with E-state index in [2.05, 4.69) is 5.32 Å². The van der Waals surface area contributed by atoms with E-state index in [0.29, 0.717) is 28.4 Å². The zero-order valence-corrected chi connectivity index (χ0v) is 26.2. The van der Waals surface area contributed by atoms with E-state index in [1.54, 1.807) is 54.6 Å². The summed E-state index contributed by atoms with van der Waals surface area (Å²) < 4.78 is 39.9. The fraction of sp³-hybridized carbons (Fsp3) is 0.375. The van der Waals surface area contributed by atoms with Crippen LogP contribution in [0.4, 0.5) is 5.69 Å². The maximum atomic E-state index is 14.2. The molecular formula is C32H38ClN3O6S. The molecule has 0 spiro atoms. The van der Waals surface area contributed by atoms with Crippen molar-refractivity contribution in [2.45, 2.75) is 62.6 Å². The Morgan fingerprint density at radius 2 is 1.60 bits per heavy atom. The fourth-order valence-electron chi connectivity index (χ4n) is 5.32. The van der Waals surface area contributed by atoms with Crippen LogP contribution < -0.4 is 19.1 Å². The first-order valence-electron chi connectivity index (χ1n) is 14.3. The van der Waals surface area contributed by atoms with Crippen LogP contribution in [0.15, 0.2) is 77.7 Å². The predicted molar refractivity (Wildman–Crippen MR) is 167 cm³/mol. The Morgan fingerprint density at radius 1 is 0.953 bits per heavy atom. The number of nitrogens with one attached hydrogen (secondary N) is 1. The summed E-state index contributed by atoms with van der Waals surface area (Å²) in [6, 6.07) is 19.0. The molecule has 9 nitrogen and oxygen atoms in total. The van der Waals surface area contributed by atoms with Gasteiger partial charge in [-0.1, -0.05) is 67.8 Å². The van der Waals surface area contributed by atoms with Crippen molar-refractivity contribution in [2.75, 3.05) is 25.1 Å². The van der Waals surface area contributed by atoms with E-state index in [9.17, 15) is 18.0 Å². The van der Waals surface area contributed by atoms with Crippen molar-refractivity contribution in [3.05, 3.63) is 83.4 Å². The molecule has 1 atom stereocenters. The van der Waals surface area contributed by atoms with E-state index >= 15 is 0 Å². The molecule has 1 saturated carbocycles. The lowest BCUT2D eigenvalue weighted by molar-refractivity contribution is -0.140. The number of anilines is 1. The Hall–Kier alpha value is -3.76. The number of rotatable bonds is 13. The lowest BCUT2D eigenvalue weighted by Crippen LogP contribution is -2.53. The minimum Gasteiger partial charge on any atom is -0.493 e. The smallest absolute Gasteiger partial charge is 0.264 e. The highest BCUT2D eigenvalue weighted by molar-refractivity contribution is 7.92. The highest BCUT2D eigenvalue weighted by Gasteiger charge is 2.35. The van der Waals surface area contributed by atoms with E-state index in [1.165, 1.54) is 37.3 Å². The monoisotopic (exact) mass is 627 g/mol. The van der Waals surface area contributed by atoms with Crippen molar-refractivity contribution in [2.24, 2.45) is 0 Å². The van der Waals surface area contributed by atoms with Gasteiger partial charge in [-0.2, -0.15) is 0 Å². The number of benzene rings is 3. The van der Waals surface area contributed by atoms with Crippen LogP contribution in [-0.4, -0.2) is 58.0 Å². The van der Waals surface area contributed by atoms with Crippen LogP contribution in [0.25, 0.3) is 0 Å². The van der Waals surface area contributed by atoms with E-state index in [1.807, 2.05) is 6.92 Å². The van der Waals surface area contributed by atoms with Crippen molar-refractivity contribution in [1.82, 2.24) is 10.2 Å². The topological polar surface area (TPSA) is 105 Å². The van der Waals surface area contributed by atoms with E-state index in [-0.39, 0.29) is 29.1 Å². The van der Waals surface area contributed by atoms with Gasteiger partial charge in [0.1, 0.15) is 12.6 Å². The van der Waals surface area contributed by atoms with Gasteiger partial charge in [-0.3, -0.25) is 13.9 Å². The Labute approximate surface area is 258 Å². The Morgan fingerprint density at radius 3 is 2.23 bits per heavy atom. The minimum absolute atomic E-state index is 0.0358. The molecule has 0 unspecified atom stereocenters. The van der Waals surface area contributed by atoms with Crippen molar-refractivity contribution in [3.63, 3.8) is 0 Å². The number of methoxy groups -OCH3 is 2. The molecule has 0 aliphatic heterocycles. The van der Waals surface area contributed by atoms with Gasteiger partial charge in [-0.15, -0.1) is 0 Å². The standard InChI is InChI=1S/C32H38ClN3O6S/c1-4-28(32(38)34-24-13-9-10-14-24)35(21-23-12-8-11-17-27(23)33)31(37)22-36(25-15-6-5-7-16-25)43(39,40)26-18-19-29(41-2)30(20-26)42-3/h5-8,11-12,15-20,24,28H,4,9-10,13-14,21-22H2,1-3H3,(H,34,38)/t28-/m1/s1. The number of para-hydroxylation sites is 1. The van der Waals surface area contributed by atoms with Crippen molar-refractivity contribution < 1.29 is 27.5 Å². The molecule has 3 aromatic rings. The predicted octanol–water partition coefficient (Wildman–Crippen LogP) is 5.42. The molecule has 230 valence electrons. The van der Waals surface area contributed by atoms with Gasteiger partial charge in [0.2, 0.25) is 11.8 Å². The molecule has 1 aliphatic rings. The molecule has 0 radical (unpaired) electrons. The summed E-state index contributed by atoms with van der Waals surface area (Å²) in [6.07, 6.45) is 4.22. The summed E-state index contributed by atoms with van der Waals surface area (Å²) in [5, 5.41) is 3.56. The highest BCUT2D eigenvalue weighted by Crippen LogP contribution is 2.32. The first kappa shape index (κ1) is 32.2. The SMILES string of the molecule is CC[C@H](C(=O)NC1CCCC1)N(Cc1ccccc1Cl)C(=O)CN(c1ccccc1)S(=O)(=O)c1ccc(OC)c(OC)c1. The molecular weight excluding hydrogens is 590 g/mol. The second-order valence-electron chi connectivity index (χ2n) is 10.4. The number of halogens is 1. The minimum atomic E-state index is -4.27. The molecule has 0 aromatic heterocycles. The number of hydrogen-bond acceptors (Lipinski definition) is 6. The Balaban J connectivity index is 1.73. The summed E-state index contributed by atoms with van der Waals surface area (Å²) >= 11 is 6.48. The molecule has 43 heavy (non-hydrogen) atoms. The van der Waals surface area contributed by atoms with Gasteiger partial charge in [-0.25, -0.2) is 8.42 Å². The first-order valence-corrected chi connectivity index (χ1v) is 16.1. The molecule has 1 aliphatic carbocycles. The molecule has 1 fully saturated rings. The van der Waals surface area contributed by atoms with Crippen LogP contribution in [0.1, 0.15) is 44.6 Å². The number of carbonyl (C=O) groups excluding carboxylic acids is 2. The number of nitrogens with zero attached hydrogens (tertiary/aromatic N) is 2. The second kappa shape index (κ2) is 14.6. The van der Waals surface area contributed by atoms with Crippen molar-refractivity contribution in [1.29, 1.82) is 0 Å². The van der Waals surface area contributed by atoms with Crippen LogP contribution in [0.3, 0.4) is 0 Å². The third kappa shape index (κ3) is 7.61. The Bertz CT molecular complexity index is 1510.